The number of aliphatic imine (C=N–C) groups is 1. The topological polar surface area (TPSA) is 30.8 Å². The average Bonchev–Trinajstić information content (AvgIpc) is 2.91. The maximum atomic E-state index is 5.91. The maximum absolute atomic E-state index is 5.91. The zero-order valence-corrected chi connectivity index (χ0v) is 23.2. The Morgan fingerprint density at radius 3 is 1.33 bits per heavy atom. The largest absolute Gasteiger partial charge is 0.494 e. The molecule has 0 fully saturated rings. The summed E-state index contributed by atoms with van der Waals surface area (Å²) in [5, 5.41) is 0. The Labute approximate surface area is 221 Å². The molecule has 0 bridgehead atoms. The Morgan fingerprint density at radius 1 is 0.500 bits per heavy atom. The molecule has 3 nitrogen and oxygen atoms in total. The number of unbranched alkanes of at least 4 members (excludes halogenated alkanes) is 14. The van der Waals surface area contributed by atoms with E-state index < -0.39 is 0 Å². The summed E-state index contributed by atoms with van der Waals surface area (Å²) < 4.78 is 11.8. The third-order valence-electron chi connectivity index (χ3n) is 6.61. The molecule has 0 atom stereocenters. The molecule has 0 saturated heterocycles. The molecule has 0 saturated carbocycles. The van der Waals surface area contributed by atoms with Crippen molar-refractivity contribution in [2.75, 3.05) is 13.2 Å². The molecule has 3 heteroatoms. The van der Waals surface area contributed by atoms with Crippen molar-refractivity contribution in [3.05, 3.63) is 54.1 Å². The van der Waals surface area contributed by atoms with Crippen LogP contribution in [0.25, 0.3) is 0 Å². The summed E-state index contributed by atoms with van der Waals surface area (Å²) in [4.78, 5) is 4.60. The maximum Gasteiger partial charge on any atom is 0.119 e. The highest BCUT2D eigenvalue weighted by Crippen LogP contribution is 2.19. The lowest BCUT2D eigenvalue weighted by molar-refractivity contribution is 0.304. The van der Waals surface area contributed by atoms with Crippen LogP contribution in [0.3, 0.4) is 0 Å². The number of benzene rings is 2. The van der Waals surface area contributed by atoms with Crippen LogP contribution in [-0.2, 0) is 0 Å². The molecular formula is C33H51NO2. The van der Waals surface area contributed by atoms with Crippen LogP contribution in [0, 0.1) is 0 Å². The molecule has 0 aromatic heterocycles. The first-order chi connectivity index (χ1) is 17.8. The van der Waals surface area contributed by atoms with Gasteiger partial charge in [0.25, 0.3) is 0 Å². The minimum absolute atomic E-state index is 0.798. The van der Waals surface area contributed by atoms with Crippen molar-refractivity contribution in [3.63, 3.8) is 0 Å². The number of rotatable bonds is 22. The number of hydrogen-bond donors (Lipinski definition) is 0. The predicted molar refractivity (Wildman–Crippen MR) is 156 cm³/mol. The minimum atomic E-state index is 0.798. The van der Waals surface area contributed by atoms with E-state index >= 15 is 0 Å². The fourth-order valence-electron chi connectivity index (χ4n) is 4.28. The summed E-state index contributed by atoms with van der Waals surface area (Å²) >= 11 is 0. The van der Waals surface area contributed by atoms with E-state index in [1.165, 1.54) is 89.9 Å². The molecule has 0 aliphatic rings. The van der Waals surface area contributed by atoms with E-state index in [9.17, 15) is 0 Å². The van der Waals surface area contributed by atoms with Crippen LogP contribution in [0.5, 0.6) is 11.5 Å². The van der Waals surface area contributed by atoms with Gasteiger partial charge in [0.05, 0.1) is 18.9 Å². The van der Waals surface area contributed by atoms with Crippen molar-refractivity contribution < 1.29 is 9.47 Å². The number of nitrogens with zero attached hydrogens (tertiary/aromatic N) is 1. The summed E-state index contributed by atoms with van der Waals surface area (Å²) in [6.07, 6.45) is 23.1. The lowest BCUT2D eigenvalue weighted by Crippen LogP contribution is -1.97. The van der Waals surface area contributed by atoms with Crippen LogP contribution < -0.4 is 9.47 Å². The number of hydrogen-bond acceptors (Lipinski definition) is 3. The summed E-state index contributed by atoms with van der Waals surface area (Å²) in [6.45, 7) is 6.13. The second-order valence-corrected chi connectivity index (χ2v) is 9.97. The molecule has 0 heterocycles. The van der Waals surface area contributed by atoms with Gasteiger partial charge in [-0.2, -0.15) is 0 Å². The van der Waals surface area contributed by atoms with E-state index in [4.69, 9.17) is 9.47 Å². The fourth-order valence-corrected chi connectivity index (χ4v) is 4.28. The molecule has 0 aliphatic heterocycles. The zero-order valence-electron chi connectivity index (χ0n) is 23.2. The summed E-state index contributed by atoms with van der Waals surface area (Å²) in [6, 6.07) is 16.2. The SMILES string of the molecule is CCCCCCCCCCCCOc1ccc(N=Cc2ccc(OCCCCCCCC)cc2)cc1. The van der Waals surface area contributed by atoms with Gasteiger partial charge in [-0.1, -0.05) is 104 Å². The van der Waals surface area contributed by atoms with Gasteiger partial charge >= 0.3 is 0 Å². The van der Waals surface area contributed by atoms with Crippen LogP contribution >= 0.6 is 0 Å². The predicted octanol–water partition coefficient (Wildman–Crippen LogP) is 10.5. The molecule has 200 valence electrons. The van der Waals surface area contributed by atoms with E-state index in [2.05, 4.69) is 31.0 Å². The summed E-state index contributed by atoms with van der Waals surface area (Å²) in [5.74, 6) is 1.86. The Bertz CT molecular complexity index is 782. The highest BCUT2D eigenvalue weighted by molar-refractivity contribution is 5.82. The zero-order chi connectivity index (χ0) is 25.5. The highest BCUT2D eigenvalue weighted by Gasteiger charge is 1.98. The van der Waals surface area contributed by atoms with Crippen molar-refractivity contribution in [1.29, 1.82) is 0 Å². The molecule has 2 rings (SSSR count). The standard InChI is InChI=1S/C33H51NO2/c1-3-5-7-9-11-12-13-14-16-18-28-36-33-25-21-31(22-26-33)34-29-30-19-23-32(24-20-30)35-27-17-15-10-8-6-4-2/h19-26,29H,3-18,27-28H2,1-2H3. The van der Waals surface area contributed by atoms with Gasteiger partial charge in [0.1, 0.15) is 11.5 Å². The Balaban J connectivity index is 1.55. The average molecular weight is 494 g/mol. The summed E-state index contributed by atoms with van der Waals surface area (Å²) in [7, 11) is 0. The summed E-state index contributed by atoms with van der Waals surface area (Å²) in [5.41, 5.74) is 2.01. The highest BCUT2D eigenvalue weighted by atomic mass is 16.5. The van der Waals surface area contributed by atoms with Crippen molar-refractivity contribution >= 4 is 11.9 Å². The molecule has 0 amide bonds. The fraction of sp³-hybridized carbons (Fsp3) is 0.606. The Kier molecular flexibility index (Phi) is 17.3. The quantitative estimate of drug-likeness (QED) is 0.121. The van der Waals surface area contributed by atoms with Gasteiger partial charge in [0.15, 0.2) is 0 Å². The van der Waals surface area contributed by atoms with Crippen LogP contribution in [-0.4, -0.2) is 19.4 Å². The molecule has 0 radical (unpaired) electrons. The second kappa shape index (κ2) is 20.9. The smallest absolute Gasteiger partial charge is 0.119 e. The van der Waals surface area contributed by atoms with Crippen LogP contribution in [0.15, 0.2) is 53.5 Å². The normalized spacial score (nSPS) is 11.3. The van der Waals surface area contributed by atoms with E-state index in [0.717, 1.165) is 48.8 Å². The third kappa shape index (κ3) is 15.0. The van der Waals surface area contributed by atoms with Crippen molar-refractivity contribution in [2.24, 2.45) is 4.99 Å². The van der Waals surface area contributed by atoms with E-state index in [0.29, 0.717) is 0 Å². The minimum Gasteiger partial charge on any atom is -0.494 e. The third-order valence-corrected chi connectivity index (χ3v) is 6.61. The van der Waals surface area contributed by atoms with Gasteiger partial charge in [-0.15, -0.1) is 0 Å². The first-order valence-corrected chi connectivity index (χ1v) is 14.8. The monoisotopic (exact) mass is 493 g/mol. The van der Waals surface area contributed by atoms with Crippen molar-refractivity contribution in [2.45, 2.75) is 117 Å². The molecule has 0 N–H and O–H groups in total. The van der Waals surface area contributed by atoms with E-state index in [-0.39, 0.29) is 0 Å². The first-order valence-electron chi connectivity index (χ1n) is 14.8. The lowest BCUT2D eigenvalue weighted by Gasteiger charge is -2.07. The van der Waals surface area contributed by atoms with Gasteiger partial charge < -0.3 is 9.47 Å². The first kappa shape index (κ1) is 29.9. The Hall–Kier alpha value is -2.29. The van der Waals surface area contributed by atoms with Crippen molar-refractivity contribution in [3.8, 4) is 11.5 Å². The second-order valence-electron chi connectivity index (χ2n) is 9.97. The number of ether oxygens (including phenoxy) is 2. The van der Waals surface area contributed by atoms with E-state index in [1.54, 1.807) is 0 Å². The van der Waals surface area contributed by atoms with Gasteiger partial charge in [0, 0.05) is 6.21 Å². The molecule has 2 aromatic carbocycles. The Morgan fingerprint density at radius 2 is 0.889 bits per heavy atom. The van der Waals surface area contributed by atoms with Gasteiger partial charge in [-0.05, 0) is 66.9 Å². The molecule has 36 heavy (non-hydrogen) atoms. The van der Waals surface area contributed by atoms with Gasteiger partial charge in [0.2, 0.25) is 0 Å². The van der Waals surface area contributed by atoms with Crippen molar-refractivity contribution in [1.82, 2.24) is 0 Å². The van der Waals surface area contributed by atoms with Gasteiger partial charge in [-0.3, -0.25) is 4.99 Å². The lowest BCUT2D eigenvalue weighted by atomic mass is 10.1. The van der Waals surface area contributed by atoms with Crippen LogP contribution in [0.1, 0.15) is 122 Å². The van der Waals surface area contributed by atoms with Crippen LogP contribution in [0.2, 0.25) is 0 Å². The van der Waals surface area contributed by atoms with Crippen LogP contribution in [0.4, 0.5) is 5.69 Å². The molecule has 0 aliphatic carbocycles. The molecule has 2 aromatic rings. The molecular weight excluding hydrogens is 442 g/mol. The molecule has 0 spiro atoms. The molecule has 0 unspecified atom stereocenters. The van der Waals surface area contributed by atoms with Gasteiger partial charge in [-0.25, -0.2) is 0 Å². The van der Waals surface area contributed by atoms with E-state index in [1.807, 2.05) is 42.6 Å².